The van der Waals surface area contributed by atoms with Crippen LogP contribution in [0.3, 0.4) is 0 Å². The maximum atomic E-state index is 13.4. The lowest BCUT2D eigenvalue weighted by Gasteiger charge is -2.07. The SMILES string of the molecule is Cc1ccc(C)c(Nc2nc(C(F)(F)F)c(-c3ccc(Cl)cc3)s2)c1. The van der Waals surface area contributed by atoms with Gasteiger partial charge in [-0.15, -0.1) is 0 Å². The summed E-state index contributed by atoms with van der Waals surface area (Å²) >= 11 is 6.80. The van der Waals surface area contributed by atoms with Gasteiger partial charge in [0.05, 0.1) is 4.88 Å². The minimum atomic E-state index is -4.53. The van der Waals surface area contributed by atoms with E-state index in [0.717, 1.165) is 28.2 Å². The van der Waals surface area contributed by atoms with E-state index in [9.17, 15) is 13.2 Å². The number of hydrogen-bond acceptors (Lipinski definition) is 3. The molecule has 0 spiro atoms. The molecule has 2 nitrogen and oxygen atoms in total. The molecule has 130 valence electrons. The standard InChI is InChI=1S/C18H14ClF3N2S/c1-10-3-4-11(2)14(9-10)23-17-24-16(18(20,21)22)15(25-17)12-5-7-13(19)8-6-12/h3-9H,1-2H3,(H,23,24). The van der Waals surface area contributed by atoms with Crippen molar-refractivity contribution in [2.24, 2.45) is 0 Å². The maximum Gasteiger partial charge on any atom is 0.434 e. The lowest BCUT2D eigenvalue weighted by molar-refractivity contribution is -0.140. The zero-order valence-corrected chi connectivity index (χ0v) is 15.0. The molecule has 0 atom stereocenters. The molecule has 2 aromatic carbocycles. The summed E-state index contributed by atoms with van der Waals surface area (Å²) in [6, 6.07) is 12.0. The van der Waals surface area contributed by atoms with Crippen molar-refractivity contribution >= 4 is 33.8 Å². The van der Waals surface area contributed by atoms with Crippen LogP contribution in [0.4, 0.5) is 24.0 Å². The largest absolute Gasteiger partial charge is 0.434 e. The first-order valence-electron chi connectivity index (χ1n) is 7.42. The minimum absolute atomic E-state index is 0.0666. The highest BCUT2D eigenvalue weighted by molar-refractivity contribution is 7.19. The fraction of sp³-hybridized carbons (Fsp3) is 0.167. The van der Waals surface area contributed by atoms with Crippen LogP contribution in [0.15, 0.2) is 42.5 Å². The second-order valence-electron chi connectivity index (χ2n) is 5.64. The van der Waals surface area contributed by atoms with Crippen molar-refractivity contribution in [3.05, 3.63) is 64.3 Å². The Hall–Kier alpha value is -2.05. The Morgan fingerprint density at radius 2 is 1.72 bits per heavy atom. The number of thiazole rings is 1. The summed E-state index contributed by atoms with van der Waals surface area (Å²) in [5, 5.41) is 3.68. The van der Waals surface area contributed by atoms with Crippen LogP contribution in [-0.4, -0.2) is 4.98 Å². The van der Waals surface area contributed by atoms with E-state index in [1.165, 1.54) is 0 Å². The Balaban J connectivity index is 2.04. The van der Waals surface area contributed by atoms with E-state index in [2.05, 4.69) is 10.3 Å². The van der Waals surface area contributed by atoms with E-state index in [4.69, 9.17) is 11.6 Å². The van der Waals surface area contributed by atoms with Crippen LogP contribution < -0.4 is 5.32 Å². The number of hydrogen-bond donors (Lipinski definition) is 1. The molecule has 0 saturated carbocycles. The van der Waals surface area contributed by atoms with Crippen LogP contribution in [0.5, 0.6) is 0 Å². The minimum Gasteiger partial charge on any atom is -0.331 e. The molecule has 0 amide bonds. The molecule has 0 fully saturated rings. The van der Waals surface area contributed by atoms with Gasteiger partial charge in [0.25, 0.3) is 0 Å². The monoisotopic (exact) mass is 382 g/mol. The van der Waals surface area contributed by atoms with Crippen molar-refractivity contribution in [1.29, 1.82) is 0 Å². The number of aromatic nitrogens is 1. The van der Waals surface area contributed by atoms with E-state index in [-0.39, 0.29) is 10.0 Å². The molecule has 1 aromatic heterocycles. The third-order valence-electron chi connectivity index (χ3n) is 3.64. The van der Waals surface area contributed by atoms with E-state index >= 15 is 0 Å². The summed E-state index contributed by atoms with van der Waals surface area (Å²) in [4.78, 5) is 3.86. The molecule has 0 bridgehead atoms. The van der Waals surface area contributed by atoms with E-state index < -0.39 is 11.9 Å². The predicted molar refractivity (Wildman–Crippen MR) is 96.8 cm³/mol. The first-order valence-corrected chi connectivity index (χ1v) is 8.62. The summed E-state index contributed by atoms with van der Waals surface area (Å²) in [5.41, 5.74) is 2.22. The molecule has 0 unspecified atom stereocenters. The smallest absolute Gasteiger partial charge is 0.331 e. The number of aryl methyl sites for hydroxylation is 2. The van der Waals surface area contributed by atoms with E-state index in [1.807, 2.05) is 32.0 Å². The second-order valence-corrected chi connectivity index (χ2v) is 7.08. The number of nitrogens with one attached hydrogen (secondary N) is 1. The molecule has 1 heterocycles. The van der Waals surface area contributed by atoms with Gasteiger partial charge in [-0.1, -0.05) is 47.2 Å². The maximum absolute atomic E-state index is 13.4. The molecule has 3 rings (SSSR count). The van der Waals surface area contributed by atoms with Gasteiger partial charge in [0.15, 0.2) is 10.8 Å². The highest BCUT2D eigenvalue weighted by Crippen LogP contribution is 2.43. The van der Waals surface area contributed by atoms with Gasteiger partial charge in [-0.05, 0) is 48.7 Å². The van der Waals surface area contributed by atoms with Gasteiger partial charge < -0.3 is 5.32 Å². The molecule has 25 heavy (non-hydrogen) atoms. The van der Waals surface area contributed by atoms with Crippen molar-refractivity contribution in [1.82, 2.24) is 4.98 Å². The number of alkyl halides is 3. The number of anilines is 2. The number of rotatable bonds is 3. The zero-order valence-electron chi connectivity index (χ0n) is 13.4. The Kier molecular flexibility index (Phi) is 4.75. The topological polar surface area (TPSA) is 24.9 Å². The summed E-state index contributed by atoms with van der Waals surface area (Å²) in [7, 11) is 0. The quantitative estimate of drug-likeness (QED) is 0.536. The summed E-state index contributed by atoms with van der Waals surface area (Å²) < 4.78 is 40.2. The predicted octanol–water partition coefficient (Wildman–Crippen LogP) is 6.84. The number of nitrogens with zero attached hydrogens (tertiary/aromatic N) is 1. The van der Waals surface area contributed by atoms with Crippen LogP contribution >= 0.6 is 22.9 Å². The average molecular weight is 383 g/mol. The van der Waals surface area contributed by atoms with Crippen LogP contribution in [0.25, 0.3) is 10.4 Å². The van der Waals surface area contributed by atoms with Crippen molar-refractivity contribution in [2.45, 2.75) is 20.0 Å². The molecule has 0 saturated heterocycles. The van der Waals surface area contributed by atoms with Crippen molar-refractivity contribution < 1.29 is 13.2 Å². The van der Waals surface area contributed by atoms with Gasteiger partial charge in [0.1, 0.15) is 0 Å². The Bertz CT molecular complexity index is 902. The van der Waals surface area contributed by atoms with Gasteiger partial charge >= 0.3 is 6.18 Å². The lowest BCUT2D eigenvalue weighted by Crippen LogP contribution is -2.07. The van der Waals surface area contributed by atoms with Gasteiger partial charge in [0, 0.05) is 10.7 Å². The number of halogens is 4. The van der Waals surface area contributed by atoms with Gasteiger partial charge in [0.2, 0.25) is 0 Å². The van der Waals surface area contributed by atoms with Gasteiger partial charge in [-0.3, -0.25) is 0 Å². The molecular formula is C18H14ClF3N2S. The fourth-order valence-electron chi connectivity index (χ4n) is 2.35. The Morgan fingerprint density at radius 1 is 1.04 bits per heavy atom. The fourth-order valence-corrected chi connectivity index (χ4v) is 3.48. The molecule has 7 heteroatoms. The van der Waals surface area contributed by atoms with E-state index in [1.54, 1.807) is 24.3 Å². The first kappa shape index (κ1) is 17.8. The van der Waals surface area contributed by atoms with E-state index in [0.29, 0.717) is 10.6 Å². The lowest BCUT2D eigenvalue weighted by atomic mass is 10.1. The van der Waals surface area contributed by atoms with Gasteiger partial charge in [-0.25, -0.2) is 4.98 Å². The highest BCUT2D eigenvalue weighted by atomic mass is 35.5. The van der Waals surface area contributed by atoms with Crippen LogP contribution in [0, 0.1) is 13.8 Å². The zero-order chi connectivity index (χ0) is 18.2. The van der Waals surface area contributed by atoms with Crippen molar-refractivity contribution in [3.8, 4) is 10.4 Å². The molecule has 3 aromatic rings. The molecule has 0 aliphatic carbocycles. The Labute approximate surface area is 152 Å². The average Bonchev–Trinajstić information content (AvgIpc) is 2.96. The molecule has 0 radical (unpaired) electrons. The Morgan fingerprint density at radius 3 is 2.36 bits per heavy atom. The van der Waals surface area contributed by atoms with Gasteiger partial charge in [-0.2, -0.15) is 13.2 Å². The summed E-state index contributed by atoms with van der Waals surface area (Å²) in [5.74, 6) is 0. The molecule has 0 aliphatic rings. The van der Waals surface area contributed by atoms with Crippen LogP contribution in [-0.2, 0) is 6.18 Å². The normalized spacial score (nSPS) is 11.6. The second kappa shape index (κ2) is 6.69. The summed E-state index contributed by atoms with van der Waals surface area (Å²) in [6.45, 7) is 3.81. The van der Waals surface area contributed by atoms with Crippen molar-refractivity contribution in [2.75, 3.05) is 5.32 Å². The molecular weight excluding hydrogens is 369 g/mol. The third kappa shape index (κ3) is 3.96. The first-order chi connectivity index (χ1) is 11.7. The van der Waals surface area contributed by atoms with Crippen molar-refractivity contribution in [3.63, 3.8) is 0 Å². The molecule has 1 N–H and O–H groups in total. The van der Waals surface area contributed by atoms with Crippen LogP contribution in [0.2, 0.25) is 5.02 Å². The third-order valence-corrected chi connectivity index (χ3v) is 4.91. The van der Waals surface area contributed by atoms with Crippen LogP contribution in [0.1, 0.15) is 16.8 Å². The molecule has 0 aliphatic heterocycles. The number of benzene rings is 2. The summed E-state index contributed by atoms with van der Waals surface area (Å²) in [6.07, 6.45) is -4.53. The highest BCUT2D eigenvalue weighted by Gasteiger charge is 2.38.